The molecule has 0 fully saturated rings. The third kappa shape index (κ3) is 5.66. The first-order valence-corrected chi connectivity index (χ1v) is 8.19. The summed E-state index contributed by atoms with van der Waals surface area (Å²) >= 11 is 0. The van der Waals surface area contributed by atoms with Gasteiger partial charge in [0, 0.05) is 18.7 Å². The average molecular weight is 329 g/mol. The first-order valence-electron chi connectivity index (χ1n) is 8.19. The van der Waals surface area contributed by atoms with Crippen LogP contribution in [0.25, 0.3) is 0 Å². The summed E-state index contributed by atoms with van der Waals surface area (Å²) in [7, 11) is 0. The van der Waals surface area contributed by atoms with E-state index in [-0.39, 0.29) is 12.1 Å². The second kappa shape index (κ2) is 9.67. The summed E-state index contributed by atoms with van der Waals surface area (Å²) in [6.07, 6.45) is -0.0861. The van der Waals surface area contributed by atoms with Gasteiger partial charge in [-0.05, 0) is 25.0 Å². The number of nitrogens with zero attached hydrogens (tertiary/aromatic N) is 1. The topological polar surface area (TPSA) is 56.7 Å². The highest BCUT2D eigenvalue weighted by molar-refractivity contribution is 5.79. The molecule has 3 N–H and O–H groups in total. The smallest absolute Gasteiger partial charge is 0.191 e. The van der Waals surface area contributed by atoms with Crippen LogP contribution < -0.4 is 10.6 Å². The largest absolute Gasteiger partial charge is 0.386 e. The van der Waals surface area contributed by atoms with Crippen LogP contribution in [0.15, 0.2) is 59.6 Å². The van der Waals surface area contributed by atoms with Crippen molar-refractivity contribution in [2.45, 2.75) is 19.4 Å². The number of nitrogens with one attached hydrogen (secondary N) is 2. The normalized spacial score (nSPS) is 12.7. The van der Waals surface area contributed by atoms with E-state index in [2.05, 4.69) is 27.8 Å². The van der Waals surface area contributed by atoms with Crippen LogP contribution in [0.2, 0.25) is 0 Å². The number of guanidine groups is 1. The van der Waals surface area contributed by atoms with E-state index < -0.39 is 11.9 Å². The number of halogens is 1. The molecule has 0 aromatic heterocycles. The van der Waals surface area contributed by atoms with E-state index >= 15 is 0 Å². The number of aliphatic hydroxyl groups excluding tert-OH is 1. The molecule has 0 saturated heterocycles. The van der Waals surface area contributed by atoms with Crippen molar-refractivity contribution in [1.29, 1.82) is 0 Å². The fourth-order valence-corrected chi connectivity index (χ4v) is 2.33. The van der Waals surface area contributed by atoms with Crippen molar-refractivity contribution in [2.75, 3.05) is 19.6 Å². The van der Waals surface area contributed by atoms with Gasteiger partial charge in [-0.1, -0.05) is 48.5 Å². The molecule has 2 rings (SSSR count). The van der Waals surface area contributed by atoms with E-state index in [4.69, 9.17) is 0 Å². The minimum absolute atomic E-state index is 0.0988. The molecule has 24 heavy (non-hydrogen) atoms. The maximum absolute atomic E-state index is 13.7. The van der Waals surface area contributed by atoms with Gasteiger partial charge in [-0.2, -0.15) is 0 Å². The van der Waals surface area contributed by atoms with Gasteiger partial charge in [-0.15, -0.1) is 0 Å². The van der Waals surface area contributed by atoms with Crippen molar-refractivity contribution in [2.24, 2.45) is 4.99 Å². The zero-order valence-corrected chi connectivity index (χ0v) is 13.9. The number of aliphatic imine (C=N–C) groups is 1. The van der Waals surface area contributed by atoms with E-state index in [0.717, 1.165) is 13.0 Å². The molecule has 0 saturated carbocycles. The van der Waals surface area contributed by atoms with E-state index in [1.54, 1.807) is 18.2 Å². The number of hydrogen-bond donors (Lipinski definition) is 3. The molecular weight excluding hydrogens is 305 g/mol. The summed E-state index contributed by atoms with van der Waals surface area (Å²) in [5.74, 6) is 0.200. The minimum Gasteiger partial charge on any atom is -0.386 e. The zero-order chi connectivity index (χ0) is 17.2. The third-order valence-corrected chi connectivity index (χ3v) is 3.58. The van der Waals surface area contributed by atoms with Gasteiger partial charge < -0.3 is 15.7 Å². The first-order chi connectivity index (χ1) is 11.7. The lowest BCUT2D eigenvalue weighted by Crippen LogP contribution is -2.38. The quantitative estimate of drug-likeness (QED) is 0.541. The number of benzene rings is 2. The second-order valence-corrected chi connectivity index (χ2v) is 5.42. The first kappa shape index (κ1) is 17.9. The molecule has 1 atom stereocenters. The molecule has 1 unspecified atom stereocenters. The van der Waals surface area contributed by atoms with E-state index in [9.17, 15) is 9.50 Å². The summed E-state index contributed by atoms with van der Waals surface area (Å²) < 4.78 is 13.7. The number of hydrogen-bond acceptors (Lipinski definition) is 2. The van der Waals surface area contributed by atoms with Gasteiger partial charge in [-0.3, -0.25) is 4.99 Å². The maximum atomic E-state index is 13.7. The molecule has 5 heteroatoms. The third-order valence-electron chi connectivity index (χ3n) is 3.58. The molecule has 0 bridgehead atoms. The summed E-state index contributed by atoms with van der Waals surface area (Å²) in [6.45, 7) is 3.52. The fraction of sp³-hybridized carbons (Fsp3) is 0.316. The molecular formula is C19H24FN3O. The molecule has 0 spiro atoms. The van der Waals surface area contributed by atoms with Crippen LogP contribution >= 0.6 is 0 Å². The van der Waals surface area contributed by atoms with Gasteiger partial charge in [0.2, 0.25) is 0 Å². The molecule has 0 heterocycles. The van der Waals surface area contributed by atoms with Gasteiger partial charge in [0.25, 0.3) is 0 Å². The summed E-state index contributed by atoms with van der Waals surface area (Å²) in [5, 5.41) is 16.5. The van der Waals surface area contributed by atoms with Crippen LogP contribution in [0, 0.1) is 5.82 Å². The Bertz CT molecular complexity index is 646. The van der Waals surface area contributed by atoms with Crippen molar-refractivity contribution < 1.29 is 9.50 Å². The van der Waals surface area contributed by atoms with Gasteiger partial charge in [0.05, 0.1) is 6.54 Å². The second-order valence-electron chi connectivity index (χ2n) is 5.42. The van der Waals surface area contributed by atoms with E-state index in [1.165, 1.54) is 11.6 Å². The Kier molecular flexibility index (Phi) is 7.23. The van der Waals surface area contributed by atoms with Crippen molar-refractivity contribution in [3.05, 3.63) is 71.5 Å². The standard InChI is InChI=1S/C19H24FN3O/c1-2-21-19(22-13-12-15-8-4-3-5-9-15)23-14-18(24)16-10-6-7-11-17(16)20/h3-11,18,24H,2,12-14H2,1H3,(H2,21,22,23). The van der Waals surface area contributed by atoms with Crippen molar-refractivity contribution in [1.82, 2.24) is 10.6 Å². The Morgan fingerprint density at radius 3 is 2.50 bits per heavy atom. The predicted octanol–water partition coefficient (Wildman–Crippen LogP) is 2.66. The Labute approximate surface area is 142 Å². The van der Waals surface area contributed by atoms with Crippen LogP contribution in [0.5, 0.6) is 0 Å². The SMILES string of the molecule is CCNC(=NCC(O)c1ccccc1F)NCCc1ccccc1. The molecule has 128 valence electrons. The molecule has 0 aliphatic rings. The molecule has 2 aromatic rings. The highest BCUT2D eigenvalue weighted by Crippen LogP contribution is 2.16. The zero-order valence-electron chi connectivity index (χ0n) is 13.9. The fourth-order valence-electron chi connectivity index (χ4n) is 2.33. The molecule has 2 aromatic carbocycles. The van der Waals surface area contributed by atoms with Crippen LogP contribution in [0.4, 0.5) is 4.39 Å². The molecule has 0 aliphatic carbocycles. The van der Waals surface area contributed by atoms with Crippen LogP contribution in [0.1, 0.15) is 24.2 Å². The Hall–Kier alpha value is -2.40. The van der Waals surface area contributed by atoms with Crippen molar-refractivity contribution in [3.8, 4) is 0 Å². The maximum Gasteiger partial charge on any atom is 0.191 e. The average Bonchev–Trinajstić information content (AvgIpc) is 2.60. The van der Waals surface area contributed by atoms with E-state index in [1.807, 2.05) is 25.1 Å². The highest BCUT2D eigenvalue weighted by atomic mass is 19.1. The van der Waals surface area contributed by atoms with Crippen LogP contribution in [0.3, 0.4) is 0 Å². The van der Waals surface area contributed by atoms with E-state index in [0.29, 0.717) is 12.5 Å². The van der Waals surface area contributed by atoms with Crippen molar-refractivity contribution >= 4 is 5.96 Å². The molecule has 0 aliphatic heterocycles. The summed E-state index contributed by atoms with van der Waals surface area (Å²) in [5.41, 5.74) is 1.51. The molecule has 4 nitrogen and oxygen atoms in total. The van der Waals surface area contributed by atoms with Crippen LogP contribution in [-0.4, -0.2) is 30.7 Å². The molecule has 0 radical (unpaired) electrons. The summed E-state index contributed by atoms with van der Waals surface area (Å²) in [4.78, 5) is 4.34. The Morgan fingerprint density at radius 1 is 1.08 bits per heavy atom. The van der Waals surface area contributed by atoms with Gasteiger partial charge in [0.1, 0.15) is 11.9 Å². The molecule has 0 amide bonds. The number of aliphatic hydroxyl groups is 1. The van der Waals surface area contributed by atoms with Crippen molar-refractivity contribution in [3.63, 3.8) is 0 Å². The Morgan fingerprint density at radius 2 is 1.79 bits per heavy atom. The predicted molar refractivity (Wildman–Crippen MR) is 95.5 cm³/mol. The Balaban J connectivity index is 1.89. The van der Waals surface area contributed by atoms with Gasteiger partial charge in [0.15, 0.2) is 5.96 Å². The monoisotopic (exact) mass is 329 g/mol. The van der Waals surface area contributed by atoms with Gasteiger partial charge in [-0.25, -0.2) is 4.39 Å². The number of rotatable bonds is 7. The lowest BCUT2D eigenvalue weighted by atomic mass is 10.1. The minimum atomic E-state index is -0.962. The highest BCUT2D eigenvalue weighted by Gasteiger charge is 2.11. The van der Waals surface area contributed by atoms with Crippen LogP contribution in [-0.2, 0) is 6.42 Å². The lowest BCUT2D eigenvalue weighted by molar-refractivity contribution is 0.182. The lowest BCUT2D eigenvalue weighted by Gasteiger charge is -2.13. The van der Waals surface area contributed by atoms with Gasteiger partial charge >= 0.3 is 0 Å². The summed E-state index contributed by atoms with van der Waals surface area (Å²) in [6, 6.07) is 16.4.